The van der Waals surface area contributed by atoms with Gasteiger partial charge in [0.15, 0.2) is 0 Å². The quantitative estimate of drug-likeness (QED) is 0.364. The van der Waals surface area contributed by atoms with E-state index in [1.807, 2.05) is 36.4 Å². The van der Waals surface area contributed by atoms with E-state index >= 15 is 0 Å². The molecule has 1 N–H and O–H groups in total. The number of amides is 1. The van der Waals surface area contributed by atoms with Gasteiger partial charge in [-0.05, 0) is 42.8 Å². The van der Waals surface area contributed by atoms with Crippen LogP contribution in [0.25, 0.3) is 22.2 Å². The first-order valence-corrected chi connectivity index (χ1v) is 9.32. The Bertz CT molecular complexity index is 1210. The van der Waals surface area contributed by atoms with Crippen LogP contribution in [-0.4, -0.2) is 15.4 Å². The smallest absolute Gasteiger partial charge is 0.282 e. The predicted octanol–water partition coefficient (Wildman–Crippen LogP) is 5.49. The van der Waals surface area contributed by atoms with Crippen LogP contribution in [0.5, 0.6) is 0 Å². The van der Waals surface area contributed by atoms with Gasteiger partial charge in [-0.2, -0.15) is 0 Å². The van der Waals surface area contributed by atoms with Gasteiger partial charge in [0.05, 0.1) is 4.92 Å². The number of aromatic nitrogens is 1. The Hall–Kier alpha value is -3.93. The topological polar surface area (TPSA) is 77.2 Å². The van der Waals surface area contributed by atoms with Crippen LogP contribution in [0.2, 0.25) is 0 Å². The third-order valence-corrected chi connectivity index (χ3v) is 4.89. The Morgan fingerprint density at radius 1 is 1.00 bits per heavy atom. The number of carbonyl (C=O) groups excluding carboxylic acids is 1. The summed E-state index contributed by atoms with van der Waals surface area (Å²) >= 11 is 0. The molecule has 1 aromatic heterocycles. The fraction of sp³-hybridized carbons (Fsp3) is 0.0870. The summed E-state index contributed by atoms with van der Waals surface area (Å²) in [4.78, 5) is 23.2. The highest BCUT2D eigenvalue weighted by Gasteiger charge is 2.19. The number of hydrogen-bond acceptors (Lipinski definition) is 3. The standard InChI is InChI=1S/C23H19N3O3/c1-2-25-20-13-12-18(14-17(20)15-22(25)16-8-4-3-5-9-16)24-23(27)19-10-6-7-11-21(19)26(28)29/h3-15H,2H2,1H3,(H,24,27). The van der Waals surface area contributed by atoms with E-state index in [4.69, 9.17) is 0 Å². The van der Waals surface area contributed by atoms with Crippen molar-refractivity contribution in [3.8, 4) is 11.3 Å². The number of hydrogen-bond donors (Lipinski definition) is 1. The van der Waals surface area contributed by atoms with Gasteiger partial charge in [0.2, 0.25) is 0 Å². The first kappa shape index (κ1) is 18.4. The molecule has 6 nitrogen and oxygen atoms in total. The van der Waals surface area contributed by atoms with Crippen molar-refractivity contribution < 1.29 is 9.72 Å². The molecule has 0 unspecified atom stereocenters. The van der Waals surface area contributed by atoms with Crippen LogP contribution in [-0.2, 0) is 6.54 Å². The van der Waals surface area contributed by atoms with Crippen LogP contribution >= 0.6 is 0 Å². The van der Waals surface area contributed by atoms with Crippen molar-refractivity contribution >= 4 is 28.2 Å². The van der Waals surface area contributed by atoms with Gasteiger partial charge in [-0.3, -0.25) is 14.9 Å². The number of nitrogens with one attached hydrogen (secondary N) is 1. The molecule has 0 atom stereocenters. The molecule has 0 radical (unpaired) electrons. The molecule has 0 saturated heterocycles. The van der Waals surface area contributed by atoms with Crippen LogP contribution in [0.1, 0.15) is 17.3 Å². The van der Waals surface area contributed by atoms with Gasteiger partial charge >= 0.3 is 0 Å². The lowest BCUT2D eigenvalue weighted by Gasteiger charge is -2.09. The zero-order valence-electron chi connectivity index (χ0n) is 15.8. The van der Waals surface area contributed by atoms with Crippen LogP contribution in [0, 0.1) is 10.1 Å². The third-order valence-electron chi connectivity index (χ3n) is 4.89. The first-order valence-electron chi connectivity index (χ1n) is 9.32. The number of nitro groups is 1. The summed E-state index contributed by atoms with van der Waals surface area (Å²) in [6, 6.07) is 23.8. The van der Waals surface area contributed by atoms with E-state index < -0.39 is 10.8 Å². The molecule has 0 bridgehead atoms. The van der Waals surface area contributed by atoms with Gasteiger partial charge < -0.3 is 9.88 Å². The van der Waals surface area contributed by atoms with Crippen LogP contribution < -0.4 is 5.32 Å². The Balaban J connectivity index is 1.70. The molecule has 0 spiro atoms. The molecule has 4 rings (SSSR count). The lowest BCUT2D eigenvalue weighted by atomic mass is 10.1. The highest BCUT2D eigenvalue weighted by molar-refractivity contribution is 6.07. The van der Waals surface area contributed by atoms with Gasteiger partial charge in [-0.15, -0.1) is 0 Å². The fourth-order valence-electron chi connectivity index (χ4n) is 3.56. The van der Waals surface area contributed by atoms with E-state index in [2.05, 4.69) is 35.0 Å². The van der Waals surface area contributed by atoms with Gasteiger partial charge in [0, 0.05) is 34.9 Å². The molecular formula is C23H19N3O3. The average Bonchev–Trinajstić information content (AvgIpc) is 3.12. The molecular weight excluding hydrogens is 366 g/mol. The highest BCUT2D eigenvalue weighted by atomic mass is 16.6. The zero-order valence-corrected chi connectivity index (χ0v) is 15.8. The summed E-state index contributed by atoms with van der Waals surface area (Å²) in [5, 5.41) is 15.0. The van der Waals surface area contributed by atoms with E-state index in [1.165, 1.54) is 12.1 Å². The Morgan fingerprint density at radius 3 is 2.45 bits per heavy atom. The lowest BCUT2D eigenvalue weighted by Crippen LogP contribution is -2.13. The zero-order chi connectivity index (χ0) is 20.4. The monoisotopic (exact) mass is 385 g/mol. The molecule has 0 aliphatic heterocycles. The molecule has 0 aliphatic carbocycles. The molecule has 6 heteroatoms. The van der Waals surface area contributed by atoms with Crippen molar-refractivity contribution in [2.24, 2.45) is 0 Å². The number of rotatable bonds is 5. The maximum absolute atomic E-state index is 12.6. The molecule has 0 fully saturated rings. The van der Waals surface area contributed by atoms with E-state index in [-0.39, 0.29) is 11.3 Å². The molecule has 144 valence electrons. The minimum absolute atomic E-state index is 0.0358. The Kier molecular flexibility index (Phi) is 4.83. The Labute approximate surface area is 167 Å². The SMILES string of the molecule is CCn1c(-c2ccccc2)cc2cc(NC(=O)c3ccccc3[N+](=O)[O-])ccc21. The average molecular weight is 385 g/mol. The summed E-state index contributed by atoms with van der Waals surface area (Å²) < 4.78 is 2.22. The largest absolute Gasteiger partial charge is 0.341 e. The van der Waals surface area contributed by atoms with Gasteiger partial charge in [-0.1, -0.05) is 42.5 Å². The third kappa shape index (κ3) is 3.48. The van der Waals surface area contributed by atoms with Crippen LogP contribution in [0.4, 0.5) is 11.4 Å². The normalized spacial score (nSPS) is 10.8. The second-order valence-corrected chi connectivity index (χ2v) is 6.64. The molecule has 0 aliphatic rings. The molecule has 0 saturated carbocycles. The molecule has 29 heavy (non-hydrogen) atoms. The predicted molar refractivity (Wildman–Crippen MR) is 114 cm³/mol. The Morgan fingerprint density at radius 2 is 1.72 bits per heavy atom. The summed E-state index contributed by atoms with van der Waals surface area (Å²) in [7, 11) is 0. The number of anilines is 1. The van der Waals surface area contributed by atoms with Crippen molar-refractivity contribution in [1.82, 2.24) is 4.57 Å². The van der Waals surface area contributed by atoms with Crippen molar-refractivity contribution in [3.63, 3.8) is 0 Å². The molecule has 4 aromatic rings. The van der Waals surface area contributed by atoms with Gasteiger partial charge in [0.1, 0.15) is 5.56 Å². The second kappa shape index (κ2) is 7.59. The second-order valence-electron chi connectivity index (χ2n) is 6.64. The van der Waals surface area contributed by atoms with Crippen molar-refractivity contribution in [3.05, 3.63) is 94.5 Å². The van der Waals surface area contributed by atoms with Crippen molar-refractivity contribution in [1.29, 1.82) is 0 Å². The van der Waals surface area contributed by atoms with Crippen molar-refractivity contribution in [2.45, 2.75) is 13.5 Å². The number of carbonyl (C=O) groups is 1. The van der Waals surface area contributed by atoms with E-state index in [0.717, 1.165) is 28.7 Å². The van der Waals surface area contributed by atoms with E-state index in [0.29, 0.717) is 5.69 Å². The minimum Gasteiger partial charge on any atom is -0.341 e. The van der Waals surface area contributed by atoms with E-state index in [9.17, 15) is 14.9 Å². The summed E-state index contributed by atoms with van der Waals surface area (Å²) in [5.74, 6) is -0.505. The van der Waals surface area contributed by atoms with Crippen LogP contribution in [0.15, 0.2) is 78.9 Å². The number of fused-ring (bicyclic) bond motifs is 1. The van der Waals surface area contributed by atoms with Crippen molar-refractivity contribution in [2.75, 3.05) is 5.32 Å². The number of nitrogens with zero attached hydrogens (tertiary/aromatic N) is 2. The molecule has 3 aromatic carbocycles. The summed E-state index contributed by atoms with van der Waals surface area (Å²) in [5.41, 5.74) is 3.70. The minimum atomic E-state index is -0.550. The lowest BCUT2D eigenvalue weighted by molar-refractivity contribution is -0.385. The maximum atomic E-state index is 12.6. The van der Waals surface area contributed by atoms with Gasteiger partial charge in [-0.25, -0.2) is 0 Å². The molecule has 1 amide bonds. The first-order chi connectivity index (χ1) is 14.1. The molecule has 1 heterocycles. The highest BCUT2D eigenvalue weighted by Crippen LogP contribution is 2.30. The number of benzene rings is 3. The van der Waals surface area contributed by atoms with Gasteiger partial charge in [0.25, 0.3) is 11.6 Å². The fourth-order valence-corrected chi connectivity index (χ4v) is 3.56. The van der Waals surface area contributed by atoms with E-state index in [1.54, 1.807) is 12.1 Å². The number of nitro benzene ring substituents is 1. The summed E-state index contributed by atoms with van der Waals surface area (Å²) in [6.45, 7) is 2.91. The van der Waals surface area contributed by atoms with Crippen LogP contribution in [0.3, 0.4) is 0 Å². The number of aryl methyl sites for hydroxylation is 1. The maximum Gasteiger partial charge on any atom is 0.282 e. The number of para-hydroxylation sites is 1. The summed E-state index contributed by atoms with van der Waals surface area (Å²) in [6.07, 6.45) is 0.